The van der Waals surface area contributed by atoms with Crippen molar-refractivity contribution in [2.75, 3.05) is 0 Å². The Labute approximate surface area is 102 Å². The molecule has 0 spiro atoms. The molecule has 0 saturated heterocycles. The first-order valence-electron chi connectivity index (χ1n) is 6.10. The van der Waals surface area contributed by atoms with E-state index >= 15 is 0 Å². The predicted octanol–water partition coefficient (Wildman–Crippen LogP) is 2.36. The van der Waals surface area contributed by atoms with Gasteiger partial charge in [0.2, 0.25) is 0 Å². The number of carboxylic acids is 1. The lowest BCUT2D eigenvalue weighted by molar-refractivity contribution is -0.139. The van der Waals surface area contributed by atoms with Gasteiger partial charge in [-0.3, -0.25) is 9.48 Å². The third-order valence-corrected chi connectivity index (χ3v) is 3.70. The van der Waals surface area contributed by atoms with Gasteiger partial charge in [0.1, 0.15) is 0 Å². The van der Waals surface area contributed by atoms with E-state index in [1.807, 2.05) is 24.6 Å². The van der Waals surface area contributed by atoms with Crippen LogP contribution in [-0.4, -0.2) is 20.9 Å². The molecule has 1 aromatic heterocycles. The molecule has 0 bridgehead atoms. The highest BCUT2D eigenvalue weighted by atomic mass is 16.4. The third-order valence-electron chi connectivity index (χ3n) is 3.70. The molecule has 2 rings (SSSR count). The van der Waals surface area contributed by atoms with Crippen molar-refractivity contribution in [3.63, 3.8) is 0 Å². The molecule has 0 aliphatic heterocycles. The monoisotopic (exact) mass is 236 g/mol. The van der Waals surface area contributed by atoms with Gasteiger partial charge in [-0.1, -0.05) is 27.7 Å². The van der Waals surface area contributed by atoms with Gasteiger partial charge in [0, 0.05) is 24.4 Å². The molecule has 1 aliphatic rings. The molecule has 0 radical (unpaired) electrons. The van der Waals surface area contributed by atoms with E-state index < -0.39 is 5.97 Å². The molecule has 1 aliphatic carbocycles. The predicted molar refractivity (Wildman–Crippen MR) is 64.7 cm³/mol. The first-order chi connectivity index (χ1) is 7.85. The van der Waals surface area contributed by atoms with Gasteiger partial charge >= 0.3 is 5.97 Å². The van der Waals surface area contributed by atoms with E-state index in [-0.39, 0.29) is 17.3 Å². The number of rotatable bonds is 4. The summed E-state index contributed by atoms with van der Waals surface area (Å²) < 4.78 is 1.96. The fourth-order valence-electron chi connectivity index (χ4n) is 2.76. The van der Waals surface area contributed by atoms with Crippen LogP contribution in [0, 0.1) is 17.3 Å². The van der Waals surface area contributed by atoms with Crippen LogP contribution in [0.25, 0.3) is 0 Å². The molecule has 2 atom stereocenters. The van der Waals surface area contributed by atoms with Crippen molar-refractivity contribution in [3.05, 3.63) is 18.0 Å². The summed E-state index contributed by atoms with van der Waals surface area (Å²) in [5.74, 6) is -0.359. The maximum atomic E-state index is 11.2. The lowest BCUT2D eigenvalue weighted by Gasteiger charge is -2.10. The largest absolute Gasteiger partial charge is 0.481 e. The molecular formula is C13H20N2O2. The average molecular weight is 236 g/mol. The highest BCUT2D eigenvalue weighted by Crippen LogP contribution is 2.64. The molecule has 1 saturated carbocycles. The Morgan fingerprint density at radius 2 is 2.24 bits per heavy atom. The summed E-state index contributed by atoms with van der Waals surface area (Å²) in [5.41, 5.74) is 0.914. The fourth-order valence-corrected chi connectivity index (χ4v) is 2.76. The molecule has 1 N–H and O–H groups in total. The SMILES string of the molecule is CC(C)Cn1nccc1[C@@H]1[C@@H](C(=O)O)C1(C)C. The van der Waals surface area contributed by atoms with Gasteiger partial charge in [-0.15, -0.1) is 0 Å². The normalized spacial score (nSPS) is 26.2. The molecule has 1 aromatic rings. The van der Waals surface area contributed by atoms with Crippen LogP contribution in [0.3, 0.4) is 0 Å². The Morgan fingerprint density at radius 1 is 1.59 bits per heavy atom. The van der Waals surface area contributed by atoms with Crippen LogP contribution < -0.4 is 0 Å². The smallest absolute Gasteiger partial charge is 0.307 e. The third kappa shape index (κ3) is 1.96. The highest BCUT2D eigenvalue weighted by Gasteiger charge is 2.63. The van der Waals surface area contributed by atoms with E-state index in [0.717, 1.165) is 12.2 Å². The van der Waals surface area contributed by atoms with E-state index in [4.69, 9.17) is 0 Å². The van der Waals surface area contributed by atoms with E-state index in [0.29, 0.717) is 5.92 Å². The summed E-state index contributed by atoms with van der Waals surface area (Å²) in [7, 11) is 0. The van der Waals surface area contributed by atoms with Crippen molar-refractivity contribution in [3.8, 4) is 0 Å². The van der Waals surface area contributed by atoms with Crippen LogP contribution in [-0.2, 0) is 11.3 Å². The van der Waals surface area contributed by atoms with Crippen LogP contribution in [0.15, 0.2) is 12.3 Å². The number of hydrogen-bond donors (Lipinski definition) is 1. The quantitative estimate of drug-likeness (QED) is 0.873. The topological polar surface area (TPSA) is 55.1 Å². The first kappa shape index (κ1) is 12.1. The van der Waals surface area contributed by atoms with Crippen molar-refractivity contribution >= 4 is 5.97 Å². The van der Waals surface area contributed by atoms with Crippen LogP contribution in [0.4, 0.5) is 0 Å². The minimum Gasteiger partial charge on any atom is -0.481 e. The first-order valence-corrected chi connectivity index (χ1v) is 6.10. The number of aromatic nitrogens is 2. The second-order valence-corrected chi connectivity index (χ2v) is 5.95. The van der Waals surface area contributed by atoms with Gasteiger partial charge in [0.05, 0.1) is 5.92 Å². The number of carboxylic acid groups (broad SMARTS) is 1. The number of hydrogen-bond acceptors (Lipinski definition) is 2. The zero-order valence-corrected chi connectivity index (χ0v) is 10.8. The van der Waals surface area contributed by atoms with Gasteiger partial charge in [0.25, 0.3) is 0 Å². The Kier molecular flexibility index (Phi) is 2.76. The maximum absolute atomic E-state index is 11.2. The minimum absolute atomic E-state index is 0.0984. The molecule has 94 valence electrons. The van der Waals surface area contributed by atoms with Crippen molar-refractivity contribution in [2.24, 2.45) is 17.3 Å². The average Bonchev–Trinajstić information content (AvgIpc) is 2.53. The summed E-state index contributed by atoms with van der Waals surface area (Å²) in [6.45, 7) is 9.16. The van der Waals surface area contributed by atoms with E-state index in [2.05, 4.69) is 18.9 Å². The van der Waals surface area contributed by atoms with Gasteiger partial charge < -0.3 is 5.11 Å². The lowest BCUT2D eigenvalue weighted by atomic mass is 10.1. The Bertz CT molecular complexity index is 434. The molecule has 1 heterocycles. The molecule has 4 heteroatoms. The van der Waals surface area contributed by atoms with Gasteiger partial charge in [0.15, 0.2) is 0 Å². The summed E-state index contributed by atoms with van der Waals surface area (Å²) in [6.07, 6.45) is 1.77. The van der Waals surface area contributed by atoms with E-state index in [1.54, 1.807) is 6.20 Å². The molecule has 1 fully saturated rings. The Morgan fingerprint density at radius 3 is 2.71 bits per heavy atom. The molecule has 0 amide bonds. The highest BCUT2D eigenvalue weighted by molar-refractivity contribution is 5.77. The molecule has 4 nitrogen and oxygen atoms in total. The van der Waals surface area contributed by atoms with Crippen LogP contribution in [0.5, 0.6) is 0 Å². The van der Waals surface area contributed by atoms with Crippen LogP contribution >= 0.6 is 0 Å². The summed E-state index contributed by atoms with van der Waals surface area (Å²) in [6, 6.07) is 1.96. The van der Waals surface area contributed by atoms with Crippen molar-refractivity contribution in [2.45, 2.75) is 40.2 Å². The zero-order valence-electron chi connectivity index (χ0n) is 10.8. The molecule has 17 heavy (non-hydrogen) atoms. The van der Waals surface area contributed by atoms with E-state index in [1.165, 1.54) is 0 Å². The van der Waals surface area contributed by atoms with E-state index in [9.17, 15) is 9.90 Å². The van der Waals surface area contributed by atoms with Crippen LogP contribution in [0.2, 0.25) is 0 Å². The molecule has 0 unspecified atom stereocenters. The van der Waals surface area contributed by atoms with Gasteiger partial charge in [-0.2, -0.15) is 5.10 Å². The summed E-state index contributed by atoms with van der Waals surface area (Å²) in [4.78, 5) is 11.2. The number of carbonyl (C=O) groups is 1. The zero-order chi connectivity index (χ0) is 12.8. The minimum atomic E-state index is -0.697. The molecular weight excluding hydrogens is 216 g/mol. The van der Waals surface area contributed by atoms with Crippen molar-refractivity contribution in [1.29, 1.82) is 0 Å². The maximum Gasteiger partial charge on any atom is 0.307 e. The summed E-state index contributed by atoms with van der Waals surface area (Å²) in [5, 5.41) is 13.5. The standard InChI is InChI=1S/C13H20N2O2/c1-8(2)7-15-9(5-6-14-15)10-11(12(16)17)13(10,3)4/h5-6,8,10-11H,7H2,1-4H3,(H,16,17)/t10-,11+/m1/s1. The molecule has 0 aromatic carbocycles. The Hall–Kier alpha value is -1.32. The lowest BCUT2D eigenvalue weighted by Crippen LogP contribution is -2.10. The number of nitrogens with zero attached hydrogens (tertiary/aromatic N) is 2. The second kappa shape index (κ2) is 3.86. The van der Waals surface area contributed by atoms with Crippen LogP contribution in [0.1, 0.15) is 39.3 Å². The van der Waals surface area contributed by atoms with Crippen molar-refractivity contribution in [1.82, 2.24) is 9.78 Å². The van der Waals surface area contributed by atoms with Gasteiger partial charge in [-0.05, 0) is 17.4 Å². The summed E-state index contributed by atoms with van der Waals surface area (Å²) >= 11 is 0. The number of aliphatic carboxylic acids is 1. The second-order valence-electron chi connectivity index (χ2n) is 5.95. The Balaban J connectivity index is 2.25. The fraction of sp³-hybridized carbons (Fsp3) is 0.692. The van der Waals surface area contributed by atoms with Crippen molar-refractivity contribution < 1.29 is 9.90 Å². The van der Waals surface area contributed by atoms with Gasteiger partial charge in [-0.25, -0.2) is 0 Å².